The second-order valence-electron chi connectivity index (χ2n) is 5.99. The van der Waals surface area contributed by atoms with Crippen molar-refractivity contribution in [1.29, 1.82) is 0 Å². The number of benzene rings is 1. The summed E-state index contributed by atoms with van der Waals surface area (Å²) in [6, 6.07) is 7.83. The molecule has 2 atom stereocenters. The van der Waals surface area contributed by atoms with E-state index in [2.05, 4.69) is 29.1 Å². The van der Waals surface area contributed by atoms with Crippen molar-refractivity contribution >= 4 is 0 Å². The fraction of sp³-hybridized carbons (Fsp3) is 0.647. The second-order valence-corrected chi connectivity index (χ2v) is 5.99. The Kier molecular flexibility index (Phi) is 6.15. The largest absolute Gasteiger partial charge is 0.313 e. The van der Waals surface area contributed by atoms with Gasteiger partial charge in [-0.05, 0) is 33.0 Å². The van der Waals surface area contributed by atoms with E-state index in [-0.39, 0.29) is 11.9 Å². The van der Waals surface area contributed by atoms with E-state index in [1.807, 2.05) is 19.2 Å². The number of halogens is 1. The molecule has 0 bridgehead atoms. The third-order valence-electron chi connectivity index (χ3n) is 4.70. The van der Waals surface area contributed by atoms with Crippen LogP contribution in [-0.2, 0) is 0 Å². The van der Waals surface area contributed by atoms with Crippen LogP contribution in [0.25, 0.3) is 0 Å². The Bertz CT molecular complexity index is 438. The summed E-state index contributed by atoms with van der Waals surface area (Å²) in [7, 11) is 4.12. The van der Waals surface area contributed by atoms with Crippen LogP contribution in [0, 0.1) is 5.82 Å². The molecular formula is C17H28FN3. The highest BCUT2D eigenvalue weighted by atomic mass is 19.1. The summed E-state index contributed by atoms with van der Waals surface area (Å²) in [5, 5.41) is 3.26. The van der Waals surface area contributed by atoms with E-state index < -0.39 is 0 Å². The van der Waals surface area contributed by atoms with Gasteiger partial charge in [-0.1, -0.05) is 25.1 Å². The van der Waals surface area contributed by atoms with Gasteiger partial charge >= 0.3 is 0 Å². The Morgan fingerprint density at radius 3 is 2.76 bits per heavy atom. The van der Waals surface area contributed by atoms with Crippen molar-refractivity contribution in [3.8, 4) is 0 Å². The Balaban J connectivity index is 1.90. The van der Waals surface area contributed by atoms with Crippen molar-refractivity contribution in [2.24, 2.45) is 0 Å². The van der Waals surface area contributed by atoms with Crippen LogP contribution < -0.4 is 5.32 Å². The van der Waals surface area contributed by atoms with Crippen LogP contribution in [0.3, 0.4) is 0 Å². The first kappa shape index (κ1) is 16.4. The first-order chi connectivity index (χ1) is 10.2. The molecule has 0 amide bonds. The lowest BCUT2D eigenvalue weighted by Gasteiger charge is -2.39. The van der Waals surface area contributed by atoms with E-state index >= 15 is 0 Å². The monoisotopic (exact) mass is 293 g/mol. The van der Waals surface area contributed by atoms with Crippen LogP contribution in [0.15, 0.2) is 24.3 Å². The summed E-state index contributed by atoms with van der Waals surface area (Å²) >= 11 is 0. The van der Waals surface area contributed by atoms with Gasteiger partial charge in [0.2, 0.25) is 0 Å². The van der Waals surface area contributed by atoms with E-state index in [1.165, 1.54) is 6.42 Å². The molecule has 118 valence electrons. The molecule has 1 N–H and O–H groups in total. The number of likely N-dealkylation sites (N-methyl/N-ethyl adjacent to an activating group) is 1. The predicted molar refractivity (Wildman–Crippen MR) is 86.0 cm³/mol. The minimum Gasteiger partial charge on any atom is -0.313 e. The van der Waals surface area contributed by atoms with Crippen LogP contribution in [0.2, 0.25) is 0 Å². The minimum absolute atomic E-state index is 0.0888. The Morgan fingerprint density at radius 2 is 2.10 bits per heavy atom. The zero-order valence-corrected chi connectivity index (χ0v) is 13.5. The quantitative estimate of drug-likeness (QED) is 0.869. The molecule has 1 aromatic carbocycles. The van der Waals surface area contributed by atoms with E-state index in [0.29, 0.717) is 6.04 Å². The lowest BCUT2D eigenvalue weighted by atomic mass is 10.0. The van der Waals surface area contributed by atoms with Crippen molar-refractivity contribution in [1.82, 2.24) is 15.1 Å². The lowest BCUT2D eigenvalue weighted by molar-refractivity contribution is 0.0903. The van der Waals surface area contributed by atoms with E-state index in [1.54, 1.807) is 12.1 Å². The Labute approximate surface area is 128 Å². The fourth-order valence-corrected chi connectivity index (χ4v) is 3.18. The van der Waals surface area contributed by atoms with Gasteiger partial charge in [0.25, 0.3) is 0 Å². The standard InChI is InChI=1S/C17H28FN3/c1-4-14-13-21(12-11-20(14)3)10-9-17(19-2)15-7-5-6-8-16(15)18/h5-8,14,17,19H,4,9-13H2,1-3H3. The molecule has 2 unspecified atom stereocenters. The Morgan fingerprint density at radius 1 is 1.33 bits per heavy atom. The number of nitrogens with one attached hydrogen (secondary N) is 1. The Hall–Kier alpha value is -0.970. The number of hydrogen-bond acceptors (Lipinski definition) is 3. The van der Waals surface area contributed by atoms with Crippen LogP contribution in [0.1, 0.15) is 31.4 Å². The molecule has 1 heterocycles. The van der Waals surface area contributed by atoms with E-state index in [0.717, 1.165) is 38.2 Å². The molecule has 21 heavy (non-hydrogen) atoms. The molecule has 0 aromatic heterocycles. The highest BCUT2D eigenvalue weighted by molar-refractivity contribution is 5.21. The van der Waals surface area contributed by atoms with Gasteiger partial charge in [-0.25, -0.2) is 4.39 Å². The van der Waals surface area contributed by atoms with Gasteiger partial charge in [0.15, 0.2) is 0 Å². The number of rotatable bonds is 6. The SMILES string of the molecule is CCC1CN(CCC(NC)c2ccccc2F)CCN1C. The average molecular weight is 293 g/mol. The molecule has 1 aliphatic heterocycles. The van der Waals surface area contributed by atoms with Crippen molar-refractivity contribution in [3.05, 3.63) is 35.6 Å². The molecule has 0 radical (unpaired) electrons. The maximum absolute atomic E-state index is 13.9. The zero-order chi connectivity index (χ0) is 15.2. The van der Waals surface area contributed by atoms with E-state index in [9.17, 15) is 4.39 Å². The minimum atomic E-state index is -0.110. The van der Waals surface area contributed by atoms with Crippen LogP contribution >= 0.6 is 0 Å². The molecular weight excluding hydrogens is 265 g/mol. The molecule has 0 saturated carbocycles. The fourth-order valence-electron chi connectivity index (χ4n) is 3.18. The molecule has 1 aliphatic rings. The molecule has 1 aromatic rings. The number of hydrogen-bond donors (Lipinski definition) is 1. The van der Waals surface area contributed by atoms with Crippen molar-refractivity contribution in [3.63, 3.8) is 0 Å². The summed E-state index contributed by atoms with van der Waals surface area (Å²) in [6.07, 6.45) is 2.13. The zero-order valence-electron chi connectivity index (χ0n) is 13.5. The maximum Gasteiger partial charge on any atom is 0.127 e. The smallest absolute Gasteiger partial charge is 0.127 e. The highest BCUT2D eigenvalue weighted by Gasteiger charge is 2.23. The van der Waals surface area contributed by atoms with Gasteiger partial charge in [-0.2, -0.15) is 0 Å². The average Bonchev–Trinajstić information content (AvgIpc) is 2.51. The van der Waals surface area contributed by atoms with Gasteiger partial charge in [-0.3, -0.25) is 0 Å². The summed E-state index contributed by atoms with van der Waals surface area (Å²) < 4.78 is 13.9. The van der Waals surface area contributed by atoms with Crippen molar-refractivity contribution in [2.75, 3.05) is 40.3 Å². The summed E-state index contributed by atoms with van der Waals surface area (Å²) in [5.41, 5.74) is 0.779. The highest BCUT2D eigenvalue weighted by Crippen LogP contribution is 2.21. The molecule has 0 aliphatic carbocycles. The molecule has 3 nitrogen and oxygen atoms in total. The van der Waals surface area contributed by atoms with Crippen molar-refractivity contribution < 1.29 is 4.39 Å². The number of piperazine rings is 1. The van der Waals surface area contributed by atoms with Crippen molar-refractivity contribution in [2.45, 2.75) is 31.8 Å². The third-order valence-corrected chi connectivity index (χ3v) is 4.70. The first-order valence-electron chi connectivity index (χ1n) is 8.00. The molecule has 1 saturated heterocycles. The third kappa shape index (κ3) is 4.25. The van der Waals surface area contributed by atoms with Crippen LogP contribution in [0.5, 0.6) is 0 Å². The molecule has 1 fully saturated rings. The molecule has 0 spiro atoms. The van der Waals surface area contributed by atoms with Gasteiger partial charge in [0.1, 0.15) is 5.82 Å². The summed E-state index contributed by atoms with van der Waals surface area (Å²) in [6.45, 7) is 6.63. The maximum atomic E-state index is 13.9. The van der Waals surface area contributed by atoms with E-state index in [4.69, 9.17) is 0 Å². The summed E-state index contributed by atoms with van der Waals surface area (Å²) in [5.74, 6) is -0.110. The second kappa shape index (κ2) is 7.87. The predicted octanol–water partition coefficient (Wildman–Crippen LogP) is 2.50. The van der Waals surface area contributed by atoms with Gasteiger partial charge in [0, 0.05) is 43.8 Å². The number of nitrogens with zero attached hydrogens (tertiary/aromatic N) is 2. The normalized spacial score (nSPS) is 22.4. The summed E-state index contributed by atoms with van der Waals surface area (Å²) in [4.78, 5) is 4.96. The first-order valence-corrected chi connectivity index (χ1v) is 8.00. The van der Waals surface area contributed by atoms with Gasteiger partial charge in [-0.15, -0.1) is 0 Å². The topological polar surface area (TPSA) is 18.5 Å². The van der Waals surface area contributed by atoms with Gasteiger partial charge < -0.3 is 15.1 Å². The molecule has 2 rings (SSSR count). The lowest BCUT2D eigenvalue weighted by Crippen LogP contribution is -2.51. The van der Waals surface area contributed by atoms with Crippen LogP contribution in [-0.4, -0.2) is 56.1 Å². The van der Waals surface area contributed by atoms with Crippen LogP contribution in [0.4, 0.5) is 4.39 Å². The molecule has 4 heteroatoms. The van der Waals surface area contributed by atoms with Gasteiger partial charge in [0.05, 0.1) is 0 Å².